The number of nitrogens with zero attached hydrogens (tertiary/aromatic N) is 2. The molecular weight excluding hydrogens is 376 g/mol. The lowest BCUT2D eigenvalue weighted by molar-refractivity contribution is -0.120. The summed E-state index contributed by atoms with van der Waals surface area (Å²) in [4.78, 5) is 18.3. The molecule has 1 aromatic carbocycles. The maximum atomic E-state index is 12.2. The van der Waals surface area contributed by atoms with Crippen molar-refractivity contribution in [2.75, 3.05) is 29.6 Å². The van der Waals surface area contributed by atoms with Crippen molar-refractivity contribution in [2.24, 2.45) is 10.9 Å². The van der Waals surface area contributed by atoms with E-state index in [0.29, 0.717) is 29.9 Å². The molecule has 0 bridgehead atoms. The molecule has 3 heterocycles. The third kappa shape index (κ3) is 3.18. The van der Waals surface area contributed by atoms with E-state index in [-0.39, 0.29) is 34.6 Å². The number of aliphatic imine (C=N–C) groups is 1. The minimum atomic E-state index is -3.09. The number of amides is 1. The van der Waals surface area contributed by atoms with Crippen LogP contribution in [0.5, 0.6) is 11.5 Å². The summed E-state index contributed by atoms with van der Waals surface area (Å²) >= 11 is 1.37. The van der Waals surface area contributed by atoms with E-state index >= 15 is 0 Å². The van der Waals surface area contributed by atoms with Gasteiger partial charge in [0.1, 0.15) is 13.2 Å². The largest absolute Gasteiger partial charge is 0.486 e. The van der Waals surface area contributed by atoms with Crippen LogP contribution in [0.4, 0.5) is 5.69 Å². The molecule has 0 N–H and O–H groups in total. The second kappa shape index (κ2) is 6.45. The lowest BCUT2D eigenvalue weighted by Gasteiger charge is -2.26. The Morgan fingerprint density at radius 2 is 1.96 bits per heavy atom. The fourth-order valence-electron chi connectivity index (χ4n) is 3.27. The van der Waals surface area contributed by atoms with Crippen LogP contribution in [0.3, 0.4) is 0 Å². The van der Waals surface area contributed by atoms with Crippen LogP contribution in [-0.4, -0.2) is 55.5 Å². The van der Waals surface area contributed by atoms with Crippen LogP contribution in [0.2, 0.25) is 0 Å². The Hall–Kier alpha value is -1.74. The van der Waals surface area contributed by atoms with Gasteiger partial charge in [-0.05, 0) is 12.1 Å². The Bertz CT molecular complexity index is 881. The Kier molecular flexibility index (Phi) is 4.38. The number of thioether (sulfide) groups is 1. The van der Waals surface area contributed by atoms with Crippen LogP contribution >= 0.6 is 11.8 Å². The van der Waals surface area contributed by atoms with Crippen LogP contribution in [0.1, 0.15) is 13.8 Å². The van der Waals surface area contributed by atoms with Crippen LogP contribution in [0.15, 0.2) is 23.2 Å². The molecule has 4 rings (SSSR count). The summed E-state index contributed by atoms with van der Waals surface area (Å²) in [6.45, 7) is 4.57. The average molecular weight is 396 g/mol. The van der Waals surface area contributed by atoms with E-state index in [9.17, 15) is 13.2 Å². The zero-order valence-corrected chi connectivity index (χ0v) is 16.2. The summed E-state index contributed by atoms with van der Waals surface area (Å²) in [5.74, 6) is 1.04. The van der Waals surface area contributed by atoms with Gasteiger partial charge in [0.05, 0.1) is 17.5 Å². The van der Waals surface area contributed by atoms with Crippen LogP contribution in [0.25, 0.3) is 0 Å². The normalized spacial score (nSPS) is 27.8. The molecule has 0 aliphatic carbocycles. The zero-order valence-electron chi connectivity index (χ0n) is 14.5. The Balaban J connectivity index is 1.74. The number of carbonyl (C=O) groups is 1. The van der Waals surface area contributed by atoms with Gasteiger partial charge in [0.25, 0.3) is 5.91 Å². The first kappa shape index (κ1) is 17.7. The van der Waals surface area contributed by atoms with Crippen molar-refractivity contribution in [1.82, 2.24) is 0 Å². The van der Waals surface area contributed by atoms with E-state index < -0.39 is 9.84 Å². The van der Waals surface area contributed by atoms with Crippen molar-refractivity contribution >= 4 is 38.4 Å². The van der Waals surface area contributed by atoms with Gasteiger partial charge in [-0.2, -0.15) is 4.99 Å². The molecule has 9 heteroatoms. The van der Waals surface area contributed by atoms with E-state index in [1.807, 2.05) is 23.1 Å². The van der Waals surface area contributed by atoms with E-state index in [1.165, 1.54) is 11.8 Å². The molecule has 2 fully saturated rings. The summed E-state index contributed by atoms with van der Waals surface area (Å²) in [7, 11) is -3.09. The zero-order chi connectivity index (χ0) is 18.5. The van der Waals surface area contributed by atoms with Gasteiger partial charge in [0, 0.05) is 22.9 Å². The quantitative estimate of drug-likeness (QED) is 0.752. The first-order chi connectivity index (χ1) is 12.3. The van der Waals surface area contributed by atoms with Crippen molar-refractivity contribution in [1.29, 1.82) is 0 Å². The van der Waals surface area contributed by atoms with Crippen molar-refractivity contribution in [3.05, 3.63) is 18.2 Å². The topological polar surface area (TPSA) is 85.3 Å². The summed E-state index contributed by atoms with van der Waals surface area (Å²) in [6, 6.07) is 5.27. The minimum absolute atomic E-state index is 0.0635. The molecule has 0 spiro atoms. The molecule has 140 valence electrons. The Labute approximate surface area is 156 Å². The molecule has 1 aromatic rings. The van der Waals surface area contributed by atoms with E-state index in [4.69, 9.17) is 9.47 Å². The third-order valence-electron chi connectivity index (χ3n) is 4.57. The minimum Gasteiger partial charge on any atom is -0.486 e. The highest BCUT2D eigenvalue weighted by Gasteiger charge is 2.49. The summed E-state index contributed by atoms with van der Waals surface area (Å²) < 4.78 is 35.4. The van der Waals surface area contributed by atoms with Crippen molar-refractivity contribution in [3.8, 4) is 11.5 Å². The number of hydrogen-bond acceptors (Lipinski definition) is 6. The Morgan fingerprint density at radius 1 is 1.23 bits per heavy atom. The number of hydrogen-bond donors (Lipinski definition) is 0. The highest BCUT2D eigenvalue weighted by Crippen LogP contribution is 2.43. The maximum absolute atomic E-state index is 12.2. The fourth-order valence-corrected chi connectivity index (χ4v) is 7.19. The number of ether oxygens (including phenoxy) is 2. The molecule has 26 heavy (non-hydrogen) atoms. The third-order valence-corrected chi connectivity index (χ3v) is 7.78. The van der Waals surface area contributed by atoms with E-state index in [1.54, 1.807) is 13.8 Å². The van der Waals surface area contributed by atoms with Crippen LogP contribution in [-0.2, 0) is 14.6 Å². The molecule has 2 atom stereocenters. The lowest BCUT2D eigenvalue weighted by atomic mass is 10.2. The highest BCUT2D eigenvalue weighted by molar-refractivity contribution is 8.16. The van der Waals surface area contributed by atoms with Gasteiger partial charge in [-0.3, -0.25) is 4.79 Å². The van der Waals surface area contributed by atoms with Gasteiger partial charge < -0.3 is 14.4 Å². The summed E-state index contributed by atoms with van der Waals surface area (Å²) in [5.41, 5.74) is 0.765. The average Bonchev–Trinajstić information content (AvgIpc) is 3.05. The molecule has 3 aliphatic heterocycles. The van der Waals surface area contributed by atoms with Crippen molar-refractivity contribution < 1.29 is 22.7 Å². The number of rotatable bonds is 2. The molecule has 0 radical (unpaired) electrons. The smallest absolute Gasteiger partial charge is 0.250 e. The van der Waals surface area contributed by atoms with Gasteiger partial charge in [-0.25, -0.2) is 8.42 Å². The standard InChI is InChI=1S/C17H20N2O5S2/c1-10(2)16(20)18-17-19(12-8-26(21,22)9-15(12)25-17)11-3-4-13-14(7-11)24-6-5-23-13/h3-4,7,10,12,15H,5-6,8-9H2,1-2H3/t12-,15+/m0/s1. The van der Waals surface area contributed by atoms with Gasteiger partial charge in [-0.15, -0.1) is 0 Å². The first-order valence-electron chi connectivity index (χ1n) is 8.52. The Morgan fingerprint density at radius 3 is 2.69 bits per heavy atom. The predicted molar refractivity (Wildman–Crippen MR) is 101 cm³/mol. The molecule has 1 amide bonds. The lowest BCUT2D eigenvalue weighted by Crippen LogP contribution is -2.38. The van der Waals surface area contributed by atoms with Crippen molar-refractivity contribution in [3.63, 3.8) is 0 Å². The number of benzene rings is 1. The highest BCUT2D eigenvalue weighted by atomic mass is 32.2. The summed E-state index contributed by atoms with van der Waals surface area (Å²) in [6.07, 6.45) is 0. The number of carbonyl (C=O) groups excluding carboxylic acids is 1. The van der Waals surface area contributed by atoms with Gasteiger partial charge in [-0.1, -0.05) is 25.6 Å². The van der Waals surface area contributed by atoms with E-state index in [0.717, 1.165) is 5.69 Å². The molecule has 3 aliphatic rings. The predicted octanol–water partition coefficient (Wildman–Crippen LogP) is 1.72. The van der Waals surface area contributed by atoms with Gasteiger partial charge in [0.2, 0.25) is 0 Å². The van der Waals surface area contributed by atoms with Crippen LogP contribution < -0.4 is 14.4 Å². The first-order valence-corrected chi connectivity index (χ1v) is 11.2. The second-order valence-corrected chi connectivity index (χ2v) is 10.2. The molecule has 2 saturated heterocycles. The second-order valence-electron chi connectivity index (χ2n) is 6.89. The van der Waals surface area contributed by atoms with Crippen LogP contribution in [0, 0.1) is 5.92 Å². The molecule has 0 aromatic heterocycles. The number of amidine groups is 1. The molecule has 0 unspecified atom stereocenters. The summed E-state index contributed by atoms with van der Waals surface area (Å²) in [5, 5.41) is 0.442. The van der Waals surface area contributed by atoms with Crippen molar-refractivity contribution in [2.45, 2.75) is 25.1 Å². The van der Waals surface area contributed by atoms with Gasteiger partial charge >= 0.3 is 0 Å². The monoisotopic (exact) mass is 396 g/mol. The SMILES string of the molecule is CC(C)C(=O)N=C1S[C@@H]2CS(=O)(=O)C[C@@H]2N1c1ccc2c(c1)OCCO2. The maximum Gasteiger partial charge on any atom is 0.250 e. The molecule has 0 saturated carbocycles. The fraction of sp³-hybridized carbons (Fsp3) is 0.529. The van der Waals surface area contributed by atoms with Gasteiger partial charge in [0.15, 0.2) is 26.5 Å². The molecular formula is C17H20N2O5S2. The number of sulfone groups is 1. The molecule has 7 nitrogen and oxygen atoms in total. The number of anilines is 1. The number of fused-ring (bicyclic) bond motifs is 2. The van der Waals surface area contributed by atoms with E-state index in [2.05, 4.69) is 4.99 Å².